The molecule has 0 fully saturated rings. The molecule has 1 rings (SSSR count). The Morgan fingerprint density at radius 1 is 0.742 bits per heavy atom. The summed E-state index contributed by atoms with van der Waals surface area (Å²) < 4.78 is 12.8. The van der Waals surface area contributed by atoms with Crippen LogP contribution in [0.15, 0.2) is 18.2 Å². The summed E-state index contributed by atoms with van der Waals surface area (Å²) in [6.07, 6.45) is 17.9. The molecular weight excluding hydrogens is 396 g/mol. The van der Waals surface area contributed by atoms with Crippen LogP contribution in [0.5, 0.6) is 5.75 Å². The molecule has 0 unspecified atom stereocenters. The van der Waals surface area contributed by atoms with Gasteiger partial charge in [0.1, 0.15) is 5.75 Å². The van der Waals surface area contributed by atoms with E-state index in [9.17, 15) is 0 Å². The summed E-state index contributed by atoms with van der Waals surface area (Å²) in [5.41, 5.74) is 2.55. The van der Waals surface area contributed by atoms with Crippen molar-refractivity contribution in [1.82, 2.24) is 0 Å². The summed E-state index contributed by atoms with van der Waals surface area (Å²) in [5.74, 6) is 1.04. The third-order valence-corrected chi connectivity index (χ3v) is 7.66. The van der Waals surface area contributed by atoms with Crippen molar-refractivity contribution in [2.24, 2.45) is 0 Å². The zero-order valence-corrected chi connectivity index (χ0v) is 22.9. The molecule has 0 saturated heterocycles. The molecule has 0 heterocycles. The van der Waals surface area contributed by atoms with Crippen LogP contribution in [-0.4, -0.2) is 15.2 Å². The molecule has 0 aromatic heterocycles. The predicted molar refractivity (Wildman–Crippen MR) is 140 cm³/mol. The second-order valence-electron chi connectivity index (χ2n) is 10.8. The Morgan fingerprint density at radius 3 is 1.71 bits per heavy atom. The van der Waals surface area contributed by atoms with Crippen molar-refractivity contribution in [3.63, 3.8) is 0 Å². The molecule has 0 aliphatic carbocycles. The quantitative estimate of drug-likeness (QED) is 0.174. The third-order valence-electron chi connectivity index (χ3n) is 6.07. The first-order valence-electron chi connectivity index (χ1n) is 13.1. The Hall–Kier alpha value is -0.803. The molecule has 0 amide bonds. The van der Waals surface area contributed by atoms with Gasteiger partial charge in [-0.15, -0.1) is 0 Å². The molecule has 0 N–H and O–H groups in total. The molecule has 0 spiro atoms. The minimum Gasteiger partial charge on any atom is -0.520 e. The minimum atomic E-state index is -2.19. The topological polar surface area (TPSA) is 18.5 Å². The maximum Gasteiger partial charge on any atom is 0.392 e. The maximum absolute atomic E-state index is 6.52. The molecule has 1 aromatic rings. The molecule has 1 aromatic carbocycles. The van der Waals surface area contributed by atoms with Gasteiger partial charge in [0.25, 0.3) is 0 Å². The number of benzene rings is 1. The first-order chi connectivity index (χ1) is 14.7. The van der Waals surface area contributed by atoms with E-state index in [1.165, 1.54) is 88.2 Å². The van der Waals surface area contributed by atoms with Crippen LogP contribution in [0.3, 0.4) is 0 Å². The SMILES string of the molecule is CCCCCCCCCCCCCCCO[Si](C)(C)Oc1c(C)cccc1C(C)(C)C. The number of para-hydroxylation sites is 1. The van der Waals surface area contributed by atoms with Crippen molar-refractivity contribution >= 4 is 8.56 Å². The summed E-state index contributed by atoms with van der Waals surface area (Å²) in [6, 6.07) is 6.46. The Morgan fingerprint density at radius 2 is 1.23 bits per heavy atom. The van der Waals surface area contributed by atoms with Crippen molar-refractivity contribution in [2.45, 2.75) is 137 Å². The summed E-state index contributed by atoms with van der Waals surface area (Å²) in [6.45, 7) is 16.3. The van der Waals surface area contributed by atoms with Gasteiger partial charge in [0.05, 0.1) is 0 Å². The molecule has 0 aliphatic heterocycles. The molecular formula is C28H52O2Si. The third kappa shape index (κ3) is 12.7. The van der Waals surface area contributed by atoms with Crippen molar-refractivity contribution < 1.29 is 8.85 Å². The highest BCUT2D eigenvalue weighted by Gasteiger charge is 2.30. The van der Waals surface area contributed by atoms with Gasteiger partial charge in [-0.05, 0) is 43.0 Å². The number of hydrogen-bond donors (Lipinski definition) is 0. The van der Waals surface area contributed by atoms with Gasteiger partial charge in [0.2, 0.25) is 0 Å². The average Bonchev–Trinajstić information content (AvgIpc) is 2.68. The van der Waals surface area contributed by atoms with E-state index in [1.54, 1.807) is 0 Å². The molecule has 0 atom stereocenters. The van der Waals surface area contributed by atoms with E-state index in [0.717, 1.165) is 18.8 Å². The minimum absolute atomic E-state index is 0.0703. The Balaban J connectivity index is 2.16. The van der Waals surface area contributed by atoms with Crippen LogP contribution in [0.4, 0.5) is 0 Å². The number of rotatable bonds is 17. The van der Waals surface area contributed by atoms with Crippen LogP contribution < -0.4 is 4.43 Å². The normalized spacial score (nSPS) is 12.4. The fraction of sp³-hybridized carbons (Fsp3) is 0.786. The van der Waals surface area contributed by atoms with E-state index in [2.05, 4.69) is 65.9 Å². The van der Waals surface area contributed by atoms with Crippen LogP contribution in [0.2, 0.25) is 13.1 Å². The first-order valence-corrected chi connectivity index (χ1v) is 15.9. The summed E-state index contributed by atoms with van der Waals surface area (Å²) in [4.78, 5) is 0. The highest BCUT2D eigenvalue weighted by molar-refractivity contribution is 6.65. The van der Waals surface area contributed by atoms with Gasteiger partial charge in [-0.1, -0.05) is 123 Å². The molecule has 2 nitrogen and oxygen atoms in total. The fourth-order valence-electron chi connectivity index (χ4n) is 4.09. The number of unbranched alkanes of at least 4 members (excludes halogenated alkanes) is 12. The molecule has 180 valence electrons. The largest absolute Gasteiger partial charge is 0.520 e. The molecule has 0 radical (unpaired) electrons. The van der Waals surface area contributed by atoms with Crippen LogP contribution >= 0.6 is 0 Å². The second kappa shape index (κ2) is 15.1. The van der Waals surface area contributed by atoms with Crippen LogP contribution in [0.25, 0.3) is 0 Å². The van der Waals surface area contributed by atoms with Gasteiger partial charge in [-0.25, -0.2) is 0 Å². The molecule has 0 bridgehead atoms. The summed E-state index contributed by atoms with van der Waals surface area (Å²) in [5, 5.41) is 0. The van der Waals surface area contributed by atoms with Gasteiger partial charge in [0.15, 0.2) is 0 Å². The van der Waals surface area contributed by atoms with Crippen molar-refractivity contribution in [3.05, 3.63) is 29.3 Å². The van der Waals surface area contributed by atoms with Crippen LogP contribution in [0.1, 0.15) is 122 Å². The Kier molecular flexibility index (Phi) is 13.8. The average molecular weight is 449 g/mol. The Bertz CT molecular complexity index is 589. The molecule has 3 heteroatoms. The van der Waals surface area contributed by atoms with E-state index in [-0.39, 0.29) is 5.41 Å². The lowest BCUT2D eigenvalue weighted by Gasteiger charge is -2.30. The summed E-state index contributed by atoms with van der Waals surface area (Å²) >= 11 is 0. The smallest absolute Gasteiger partial charge is 0.392 e. The van der Waals surface area contributed by atoms with Gasteiger partial charge in [0, 0.05) is 6.61 Å². The van der Waals surface area contributed by atoms with E-state index in [0.29, 0.717) is 0 Å². The lowest BCUT2D eigenvalue weighted by molar-refractivity contribution is 0.239. The van der Waals surface area contributed by atoms with E-state index >= 15 is 0 Å². The highest BCUT2D eigenvalue weighted by atomic mass is 28.4. The Labute approximate surface area is 195 Å². The first kappa shape index (κ1) is 28.2. The maximum atomic E-state index is 6.52. The summed E-state index contributed by atoms with van der Waals surface area (Å²) in [7, 11) is -2.19. The van der Waals surface area contributed by atoms with Crippen molar-refractivity contribution in [3.8, 4) is 5.75 Å². The second-order valence-corrected chi connectivity index (χ2v) is 14.1. The zero-order chi connectivity index (χ0) is 23.2. The lowest BCUT2D eigenvalue weighted by Crippen LogP contribution is -2.39. The van der Waals surface area contributed by atoms with Gasteiger partial charge in [-0.2, -0.15) is 0 Å². The fourth-order valence-corrected chi connectivity index (χ4v) is 5.55. The lowest BCUT2D eigenvalue weighted by atomic mass is 9.85. The predicted octanol–water partition coefficient (Wildman–Crippen LogP) is 9.48. The molecule has 31 heavy (non-hydrogen) atoms. The van der Waals surface area contributed by atoms with E-state index in [4.69, 9.17) is 8.85 Å². The highest BCUT2D eigenvalue weighted by Crippen LogP contribution is 2.35. The zero-order valence-electron chi connectivity index (χ0n) is 21.9. The van der Waals surface area contributed by atoms with Gasteiger partial charge < -0.3 is 8.85 Å². The standard InChI is InChI=1S/C28H52O2Si/c1-8-9-10-11-12-13-14-15-16-17-18-19-20-24-29-31(6,7)30-27-25(2)22-21-23-26(27)28(3,4)5/h21-23H,8-20,24H2,1-7H3. The van der Waals surface area contributed by atoms with Crippen LogP contribution in [-0.2, 0) is 9.84 Å². The van der Waals surface area contributed by atoms with Gasteiger partial charge in [-0.3, -0.25) is 0 Å². The van der Waals surface area contributed by atoms with Gasteiger partial charge >= 0.3 is 8.56 Å². The number of hydrogen-bond acceptors (Lipinski definition) is 2. The van der Waals surface area contributed by atoms with E-state index in [1.807, 2.05) is 0 Å². The van der Waals surface area contributed by atoms with Crippen molar-refractivity contribution in [2.75, 3.05) is 6.61 Å². The molecule has 0 aliphatic rings. The molecule has 0 saturated carbocycles. The number of aryl methyl sites for hydroxylation is 1. The van der Waals surface area contributed by atoms with Crippen LogP contribution in [0, 0.1) is 6.92 Å². The van der Waals surface area contributed by atoms with Crippen molar-refractivity contribution in [1.29, 1.82) is 0 Å². The van der Waals surface area contributed by atoms with E-state index < -0.39 is 8.56 Å². The monoisotopic (exact) mass is 448 g/mol.